The predicted octanol–water partition coefficient (Wildman–Crippen LogP) is 0.818. The van der Waals surface area contributed by atoms with E-state index in [2.05, 4.69) is 27.6 Å². The third-order valence-electron chi connectivity index (χ3n) is 2.45. The van der Waals surface area contributed by atoms with Crippen molar-refractivity contribution in [1.29, 1.82) is 0 Å². The molecule has 0 spiro atoms. The Morgan fingerprint density at radius 3 is 3.12 bits per heavy atom. The van der Waals surface area contributed by atoms with Crippen molar-refractivity contribution in [3.63, 3.8) is 0 Å². The summed E-state index contributed by atoms with van der Waals surface area (Å²) < 4.78 is 0. The average molecular weight is 239 g/mol. The molecular weight excluding hydrogens is 222 g/mol. The van der Waals surface area contributed by atoms with Gasteiger partial charge in [-0.3, -0.25) is 10.4 Å². The van der Waals surface area contributed by atoms with E-state index in [1.165, 1.54) is 12.8 Å². The van der Waals surface area contributed by atoms with E-state index in [-0.39, 0.29) is 0 Å². The number of thiazole rings is 1. The fourth-order valence-electron chi connectivity index (χ4n) is 1.34. The molecule has 16 heavy (non-hydrogen) atoms. The van der Waals surface area contributed by atoms with Gasteiger partial charge in [0.15, 0.2) is 0 Å². The van der Waals surface area contributed by atoms with E-state index in [0.29, 0.717) is 24.5 Å². The van der Waals surface area contributed by atoms with Crippen LogP contribution >= 0.6 is 11.3 Å². The average Bonchev–Trinajstić information content (AvgIpc) is 2.94. The monoisotopic (exact) mass is 239 g/mol. The third kappa shape index (κ3) is 3.18. The summed E-state index contributed by atoms with van der Waals surface area (Å²) in [5.41, 5.74) is 2.60. The molecule has 2 rings (SSSR count). The van der Waals surface area contributed by atoms with Gasteiger partial charge in [-0.2, -0.15) is 0 Å². The number of nitrogens with zero attached hydrogens (tertiary/aromatic N) is 2. The van der Waals surface area contributed by atoms with Gasteiger partial charge < -0.3 is 5.32 Å². The van der Waals surface area contributed by atoms with Gasteiger partial charge in [-0.1, -0.05) is 6.92 Å². The van der Waals surface area contributed by atoms with Crippen LogP contribution in [0.3, 0.4) is 0 Å². The smallest absolute Gasteiger partial charge is 0.205 e. The molecule has 1 saturated carbocycles. The molecule has 1 aromatic heterocycles. The van der Waals surface area contributed by atoms with Crippen LogP contribution in [0.5, 0.6) is 0 Å². The molecule has 6 heteroatoms. The minimum absolute atomic E-state index is 0.337. The SMILES string of the molecule is CC(CN=C(NN)NC1CC1)c1nccs1. The number of aliphatic imine (C=N–C) groups is 1. The lowest BCUT2D eigenvalue weighted by Gasteiger charge is -2.09. The molecule has 1 unspecified atom stereocenters. The molecule has 0 bridgehead atoms. The molecule has 1 aromatic rings. The highest BCUT2D eigenvalue weighted by molar-refractivity contribution is 7.09. The Bertz CT molecular complexity index is 344. The molecule has 1 atom stereocenters. The summed E-state index contributed by atoms with van der Waals surface area (Å²) in [6.07, 6.45) is 4.25. The second-order valence-electron chi connectivity index (χ2n) is 4.02. The van der Waals surface area contributed by atoms with Gasteiger partial charge in [0.25, 0.3) is 0 Å². The summed E-state index contributed by atoms with van der Waals surface area (Å²) in [7, 11) is 0. The minimum atomic E-state index is 0.337. The Balaban J connectivity index is 1.85. The van der Waals surface area contributed by atoms with Crippen molar-refractivity contribution in [1.82, 2.24) is 15.7 Å². The molecule has 0 aliphatic heterocycles. The van der Waals surface area contributed by atoms with Gasteiger partial charge in [0.2, 0.25) is 5.96 Å². The second kappa shape index (κ2) is 5.27. The number of guanidine groups is 1. The van der Waals surface area contributed by atoms with Crippen molar-refractivity contribution in [2.24, 2.45) is 10.8 Å². The van der Waals surface area contributed by atoms with Crippen LogP contribution in [0, 0.1) is 0 Å². The summed E-state index contributed by atoms with van der Waals surface area (Å²) in [4.78, 5) is 8.68. The van der Waals surface area contributed by atoms with E-state index < -0.39 is 0 Å². The first-order valence-corrected chi connectivity index (χ1v) is 6.34. The zero-order valence-electron chi connectivity index (χ0n) is 9.31. The van der Waals surface area contributed by atoms with Crippen molar-refractivity contribution in [3.05, 3.63) is 16.6 Å². The van der Waals surface area contributed by atoms with Gasteiger partial charge in [0, 0.05) is 23.5 Å². The van der Waals surface area contributed by atoms with Crippen LogP contribution < -0.4 is 16.6 Å². The van der Waals surface area contributed by atoms with Gasteiger partial charge in [-0.05, 0) is 12.8 Å². The van der Waals surface area contributed by atoms with E-state index in [1.807, 2.05) is 11.6 Å². The molecule has 5 nitrogen and oxygen atoms in total. The molecule has 4 N–H and O–H groups in total. The summed E-state index contributed by atoms with van der Waals surface area (Å²) in [5, 5.41) is 6.34. The van der Waals surface area contributed by atoms with Crippen molar-refractivity contribution in [2.45, 2.75) is 31.7 Å². The number of nitrogens with two attached hydrogens (primary N) is 1. The summed E-state index contributed by atoms with van der Waals surface area (Å²) >= 11 is 1.66. The normalized spacial score (nSPS) is 18.2. The third-order valence-corrected chi connectivity index (χ3v) is 3.46. The second-order valence-corrected chi connectivity index (χ2v) is 4.95. The topological polar surface area (TPSA) is 75.3 Å². The Morgan fingerprint density at radius 2 is 2.56 bits per heavy atom. The number of rotatable bonds is 4. The highest BCUT2D eigenvalue weighted by Crippen LogP contribution is 2.19. The summed E-state index contributed by atoms with van der Waals surface area (Å²) in [6, 6.07) is 0.560. The largest absolute Gasteiger partial charge is 0.353 e. The minimum Gasteiger partial charge on any atom is -0.353 e. The Morgan fingerprint density at radius 1 is 1.75 bits per heavy atom. The van der Waals surface area contributed by atoms with E-state index in [9.17, 15) is 0 Å². The lowest BCUT2D eigenvalue weighted by atomic mass is 10.2. The van der Waals surface area contributed by atoms with Gasteiger partial charge in [0.1, 0.15) is 0 Å². The molecule has 88 valence electrons. The number of nitrogens with one attached hydrogen (secondary N) is 2. The molecule has 1 aliphatic rings. The fraction of sp³-hybridized carbons (Fsp3) is 0.600. The van der Waals surface area contributed by atoms with Crippen molar-refractivity contribution < 1.29 is 0 Å². The quantitative estimate of drug-likeness (QED) is 0.315. The van der Waals surface area contributed by atoms with Gasteiger partial charge in [0.05, 0.1) is 11.6 Å². The molecular formula is C10H17N5S. The van der Waals surface area contributed by atoms with Crippen LogP contribution in [0.25, 0.3) is 0 Å². The molecule has 0 radical (unpaired) electrons. The number of hydrogen-bond acceptors (Lipinski definition) is 4. The van der Waals surface area contributed by atoms with E-state index in [0.717, 1.165) is 5.01 Å². The zero-order valence-corrected chi connectivity index (χ0v) is 10.1. The van der Waals surface area contributed by atoms with Gasteiger partial charge in [-0.15, -0.1) is 11.3 Å². The van der Waals surface area contributed by atoms with Crippen molar-refractivity contribution in [3.8, 4) is 0 Å². The highest BCUT2D eigenvalue weighted by atomic mass is 32.1. The predicted molar refractivity (Wildman–Crippen MR) is 66.3 cm³/mol. The van der Waals surface area contributed by atoms with Crippen molar-refractivity contribution >= 4 is 17.3 Å². The van der Waals surface area contributed by atoms with Gasteiger partial charge >= 0.3 is 0 Å². The zero-order chi connectivity index (χ0) is 11.4. The number of aromatic nitrogens is 1. The lowest BCUT2D eigenvalue weighted by molar-refractivity contribution is 0.744. The molecule has 1 fully saturated rings. The molecule has 0 aromatic carbocycles. The van der Waals surface area contributed by atoms with Gasteiger partial charge in [-0.25, -0.2) is 10.8 Å². The van der Waals surface area contributed by atoms with Crippen LogP contribution in [-0.2, 0) is 0 Å². The number of hydrazine groups is 1. The van der Waals surface area contributed by atoms with Crippen LogP contribution in [0.15, 0.2) is 16.6 Å². The maximum atomic E-state index is 5.40. The maximum absolute atomic E-state index is 5.40. The molecule has 0 saturated heterocycles. The maximum Gasteiger partial charge on any atom is 0.205 e. The van der Waals surface area contributed by atoms with E-state index in [1.54, 1.807) is 11.3 Å². The lowest BCUT2D eigenvalue weighted by Crippen LogP contribution is -2.42. The first-order valence-electron chi connectivity index (χ1n) is 5.46. The summed E-state index contributed by atoms with van der Waals surface area (Å²) in [5.74, 6) is 6.42. The number of hydrogen-bond donors (Lipinski definition) is 3. The van der Waals surface area contributed by atoms with Crippen LogP contribution in [-0.4, -0.2) is 23.5 Å². The molecule has 1 aliphatic carbocycles. The molecule has 0 amide bonds. The van der Waals surface area contributed by atoms with Crippen molar-refractivity contribution in [2.75, 3.05) is 6.54 Å². The first kappa shape index (κ1) is 11.3. The Labute approximate surface area is 99.1 Å². The van der Waals surface area contributed by atoms with E-state index in [4.69, 9.17) is 5.84 Å². The van der Waals surface area contributed by atoms with Crippen LogP contribution in [0.1, 0.15) is 30.7 Å². The summed E-state index contributed by atoms with van der Waals surface area (Å²) in [6.45, 7) is 2.82. The standard InChI is InChI=1S/C10H17N5S/c1-7(9-12-4-5-16-9)6-13-10(15-11)14-8-2-3-8/h4-5,7-8H,2-3,6,11H2,1H3,(H2,13,14,15). The Hall–Kier alpha value is -1.14. The van der Waals surface area contributed by atoms with Crippen LogP contribution in [0.4, 0.5) is 0 Å². The van der Waals surface area contributed by atoms with E-state index >= 15 is 0 Å². The molecule has 1 heterocycles. The Kier molecular flexibility index (Phi) is 3.74. The fourth-order valence-corrected chi connectivity index (χ4v) is 2.03. The highest BCUT2D eigenvalue weighted by Gasteiger charge is 2.22. The first-order chi connectivity index (χ1) is 7.79. The van der Waals surface area contributed by atoms with Crippen LogP contribution in [0.2, 0.25) is 0 Å².